The highest BCUT2D eigenvalue weighted by atomic mass is 35.5. The Balaban J connectivity index is 1.60. The Kier molecular flexibility index (Phi) is 8.00. The van der Waals surface area contributed by atoms with Gasteiger partial charge in [0.2, 0.25) is 0 Å². The molecular formula is C25H29Cl2N2+. The van der Waals surface area contributed by atoms with E-state index in [1.807, 2.05) is 24.3 Å². The molecule has 0 unspecified atom stereocenters. The summed E-state index contributed by atoms with van der Waals surface area (Å²) in [6.45, 7) is 2.06. The lowest BCUT2D eigenvalue weighted by atomic mass is 9.89. The van der Waals surface area contributed by atoms with Crippen LogP contribution in [-0.2, 0) is 13.0 Å². The van der Waals surface area contributed by atoms with E-state index in [0.29, 0.717) is 5.92 Å². The number of nitrogens with two attached hydrogens (primary N) is 1. The van der Waals surface area contributed by atoms with E-state index in [4.69, 9.17) is 23.2 Å². The van der Waals surface area contributed by atoms with Gasteiger partial charge < -0.3 is 10.2 Å². The summed E-state index contributed by atoms with van der Waals surface area (Å²) in [5.74, 6) is 0.416. The van der Waals surface area contributed by atoms with Crippen molar-refractivity contribution in [3.8, 4) is 0 Å². The molecule has 29 heavy (non-hydrogen) atoms. The minimum absolute atomic E-state index is 0.416. The third kappa shape index (κ3) is 6.50. The molecule has 4 heteroatoms. The maximum Gasteiger partial charge on any atom is 0.101 e. The molecule has 0 saturated carbocycles. The van der Waals surface area contributed by atoms with E-state index in [1.54, 1.807) is 0 Å². The molecule has 0 amide bonds. The van der Waals surface area contributed by atoms with Crippen LogP contribution in [0, 0.1) is 0 Å². The first-order valence-corrected chi connectivity index (χ1v) is 10.9. The Labute approximate surface area is 184 Å². The van der Waals surface area contributed by atoms with E-state index in [-0.39, 0.29) is 0 Å². The van der Waals surface area contributed by atoms with Gasteiger partial charge in [-0.1, -0.05) is 65.7 Å². The Morgan fingerprint density at radius 2 is 1.55 bits per heavy atom. The van der Waals surface area contributed by atoms with Gasteiger partial charge >= 0.3 is 0 Å². The number of benzene rings is 3. The van der Waals surface area contributed by atoms with Crippen molar-refractivity contribution in [1.29, 1.82) is 0 Å². The summed E-state index contributed by atoms with van der Waals surface area (Å²) >= 11 is 12.5. The topological polar surface area (TPSA) is 19.9 Å². The second kappa shape index (κ2) is 10.7. The molecule has 3 rings (SSSR count). The molecular weight excluding hydrogens is 399 g/mol. The van der Waals surface area contributed by atoms with E-state index >= 15 is 0 Å². The third-order valence-corrected chi connectivity index (χ3v) is 5.94. The number of quaternary nitrogens is 1. The zero-order valence-corrected chi connectivity index (χ0v) is 18.6. The van der Waals surface area contributed by atoms with Gasteiger partial charge in [-0.2, -0.15) is 0 Å². The summed E-state index contributed by atoms with van der Waals surface area (Å²) in [6, 6.07) is 25.2. The number of rotatable bonds is 9. The molecule has 0 saturated heterocycles. The fraction of sp³-hybridized carbons (Fsp3) is 0.280. The van der Waals surface area contributed by atoms with Crippen molar-refractivity contribution in [1.82, 2.24) is 0 Å². The zero-order valence-electron chi connectivity index (χ0n) is 17.1. The van der Waals surface area contributed by atoms with Crippen LogP contribution in [0.3, 0.4) is 0 Å². The van der Waals surface area contributed by atoms with Crippen LogP contribution in [0.2, 0.25) is 10.0 Å². The molecule has 3 aromatic carbocycles. The maximum absolute atomic E-state index is 6.42. The van der Waals surface area contributed by atoms with Crippen molar-refractivity contribution in [2.75, 3.05) is 25.5 Å². The number of hydrogen-bond donors (Lipinski definition) is 1. The summed E-state index contributed by atoms with van der Waals surface area (Å²) in [5, 5.41) is 4.01. The summed E-state index contributed by atoms with van der Waals surface area (Å²) in [6.07, 6.45) is 2.02. The molecule has 1 atom stereocenters. The second-order valence-electron chi connectivity index (χ2n) is 7.68. The Bertz CT molecular complexity index is 889. The summed E-state index contributed by atoms with van der Waals surface area (Å²) in [4.78, 5) is 2.12. The highest BCUT2D eigenvalue weighted by Crippen LogP contribution is 2.28. The standard InChI is InChI=1S/C25H28Cl2N2/c1-29(2)24-13-7-19(8-14-24)18-28-16-15-21(20-9-11-23(26)12-10-20)17-22-5-3-4-6-25(22)27/h3-14,21,28H,15-18H2,1-2H3/p+1/t21-/m1/s1. The molecule has 0 radical (unpaired) electrons. The van der Waals surface area contributed by atoms with Crippen LogP contribution in [-0.4, -0.2) is 20.6 Å². The van der Waals surface area contributed by atoms with Crippen LogP contribution in [0.25, 0.3) is 0 Å². The fourth-order valence-corrected chi connectivity index (χ4v) is 3.91. The zero-order chi connectivity index (χ0) is 20.6. The van der Waals surface area contributed by atoms with Gasteiger partial charge in [0.15, 0.2) is 0 Å². The van der Waals surface area contributed by atoms with Crippen LogP contribution in [0.4, 0.5) is 5.69 Å². The van der Waals surface area contributed by atoms with E-state index in [2.05, 4.69) is 72.8 Å². The number of halogens is 2. The summed E-state index contributed by atoms with van der Waals surface area (Å²) in [7, 11) is 4.13. The van der Waals surface area contributed by atoms with E-state index in [9.17, 15) is 0 Å². The summed E-state index contributed by atoms with van der Waals surface area (Å²) < 4.78 is 0. The Morgan fingerprint density at radius 3 is 2.21 bits per heavy atom. The molecule has 2 nitrogen and oxygen atoms in total. The Morgan fingerprint density at radius 1 is 0.862 bits per heavy atom. The fourth-order valence-electron chi connectivity index (χ4n) is 3.57. The first kappa shape index (κ1) is 21.7. The van der Waals surface area contributed by atoms with Gasteiger partial charge in [-0.25, -0.2) is 0 Å². The number of nitrogens with zero attached hydrogens (tertiary/aromatic N) is 1. The molecule has 2 N–H and O–H groups in total. The average molecular weight is 428 g/mol. The predicted octanol–water partition coefficient (Wildman–Crippen LogP) is 5.54. The first-order chi connectivity index (χ1) is 14.0. The van der Waals surface area contributed by atoms with Crippen LogP contribution in [0.5, 0.6) is 0 Å². The second-order valence-corrected chi connectivity index (χ2v) is 8.52. The molecule has 0 aliphatic heterocycles. The molecule has 0 aliphatic carbocycles. The van der Waals surface area contributed by atoms with Crippen molar-refractivity contribution in [2.45, 2.75) is 25.3 Å². The van der Waals surface area contributed by atoms with Crippen molar-refractivity contribution >= 4 is 28.9 Å². The van der Waals surface area contributed by atoms with Gasteiger partial charge in [0.05, 0.1) is 6.54 Å². The largest absolute Gasteiger partial charge is 0.378 e. The maximum atomic E-state index is 6.42. The highest BCUT2D eigenvalue weighted by molar-refractivity contribution is 6.31. The monoisotopic (exact) mass is 427 g/mol. The van der Waals surface area contributed by atoms with Crippen molar-refractivity contribution in [3.05, 3.63) is 99.5 Å². The van der Waals surface area contributed by atoms with Crippen LogP contribution in [0.15, 0.2) is 72.8 Å². The van der Waals surface area contributed by atoms with E-state index in [0.717, 1.165) is 36.0 Å². The SMILES string of the molecule is CN(C)c1ccc(C[NH2+]CC[C@H](Cc2ccccc2Cl)c2ccc(Cl)cc2)cc1. The number of hydrogen-bond acceptors (Lipinski definition) is 1. The predicted molar refractivity (Wildman–Crippen MR) is 125 cm³/mol. The number of anilines is 1. The van der Waals surface area contributed by atoms with Crippen LogP contribution in [0.1, 0.15) is 29.0 Å². The highest BCUT2D eigenvalue weighted by Gasteiger charge is 2.15. The lowest BCUT2D eigenvalue weighted by Gasteiger charge is -2.18. The lowest BCUT2D eigenvalue weighted by molar-refractivity contribution is -0.671. The molecule has 0 spiro atoms. The smallest absolute Gasteiger partial charge is 0.101 e. The van der Waals surface area contributed by atoms with Crippen LogP contribution >= 0.6 is 23.2 Å². The molecule has 0 fully saturated rings. The minimum Gasteiger partial charge on any atom is -0.378 e. The van der Waals surface area contributed by atoms with Crippen molar-refractivity contribution in [2.24, 2.45) is 0 Å². The minimum atomic E-state index is 0.416. The quantitative estimate of drug-likeness (QED) is 0.444. The molecule has 0 heterocycles. The normalized spacial score (nSPS) is 12.0. The third-order valence-electron chi connectivity index (χ3n) is 5.32. The lowest BCUT2D eigenvalue weighted by Crippen LogP contribution is -2.82. The van der Waals surface area contributed by atoms with Gasteiger partial charge in [0.1, 0.15) is 6.54 Å². The van der Waals surface area contributed by atoms with E-state index in [1.165, 1.54) is 22.4 Å². The van der Waals surface area contributed by atoms with Crippen molar-refractivity contribution in [3.63, 3.8) is 0 Å². The first-order valence-electron chi connectivity index (χ1n) is 10.1. The van der Waals surface area contributed by atoms with Crippen LogP contribution < -0.4 is 10.2 Å². The van der Waals surface area contributed by atoms with E-state index < -0.39 is 0 Å². The molecule has 0 bridgehead atoms. The molecule has 152 valence electrons. The molecule has 0 aromatic heterocycles. The van der Waals surface area contributed by atoms with Gasteiger partial charge in [-0.15, -0.1) is 0 Å². The molecule has 0 aliphatic rings. The Hall–Kier alpha value is -2.00. The van der Waals surface area contributed by atoms with Gasteiger partial charge in [0.25, 0.3) is 0 Å². The molecule has 3 aromatic rings. The van der Waals surface area contributed by atoms with Gasteiger partial charge in [-0.3, -0.25) is 0 Å². The summed E-state index contributed by atoms with van der Waals surface area (Å²) in [5.41, 5.74) is 5.10. The van der Waals surface area contributed by atoms with Crippen molar-refractivity contribution < 1.29 is 5.32 Å². The van der Waals surface area contributed by atoms with Gasteiger partial charge in [-0.05, 0) is 53.8 Å². The van der Waals surface area contributed by atoms with Gasteiger partial charge in [0, 0.05) is 41.8 Å². The average Bonchev–Trinajstić information content (AvgIpc) is 2.72.